The predicted octanol–water partition coefficient (Wildman–Crippen LogP) is 2.21. The molecule has 12 heteroatoms. The fraction of sp³-hybridized carbons (Fsp3) is 0.333. The minimum atomic E-state index is -1.27. The Labute approximate surface area is 209 Å². The number of hydrogen-bond acceptors (Lipinski definition) is 9. The van der Waals surface area contributed by atoms with Crippen molar-refractivity contribution in [2.45, 2.75) is 41.6 Å². The van der Waals surface area contributed by atoms with Gasteiger partial charge in [-0.15, -0.1) is 11.5 Å². The number of benzene rings is 1. The Hall–Kier alpha value is -3.39. The maximum atomic E-state index is 14.1. The molecule has 0 aliphatic carbocycles. The van der Waals surface area contributed by atoms with Crippen LogP contribution >= 0.6 is 11.8 Å². The molecule has 3 heterocycles. The quantitative estimate of drug-likeness (QED) is 0.477. The molecule has 1 saturated heterocycles. The number of rotatable bonds is 6. The zero-order valence-electron chi connectivity index (χ0n) is 19.2. The summed E-state index contributed by atoms with van der Waals surface area (Å²) in [6, 6.07) is 4.98. The third kappa shape index (κ3) is 4.82. The third-order valence-electron chi connectivity index (χ3n) is 5.86. The molecule has 5 atom stereocenters. The average molecular weight is 514 g/mol. The van der Waals surface area contributed by atoms with Gasteiger partial charge in [-0.1, -0.05) is 22.9 Å². The van der Waals surface area contributed by atoms with Crippen LogP contribution in [0.4, 0.5) is 8.78 Å². The molecule has 2 N–H and O–H groups in total. The van der Waals surface area contributed by atoms with Crippen LogP contribution in [-0.4, -0.2) is 67.7 Å². The van der Waals surface area contributed by atoms with Crippen LogP contribution in [0.3, 0.4) is 0 Å². The molecule has 0 saturated carbocycles. The Bertz CT molecular complexity index is 1330. The average Bonchev–Trinajstić information content (AvgIpc) is 3.37. The Morgan fingerprint density at radius 3 is 2.64 bits per heavy atom. The standard InChI is InChI=1S/C24H21F2N5O4S/c1-4-13-5-20(17(8-27)28-9-13)36-24-23(34-3)21(22(33)19(11-32)35-24)31-10-18(29-30-31)14-6-15(25)12(2)16(26)7-14/h1,5-7,9-10,19,21-24,32-33H,11H2,2-3H3/t19-,21+,22+,23-,24-/m1/s1. The number of terminal acetylenes is 1. The molecule has 2 aromatic heterocycles. The number of thioether (sulfide) groups is 1. The summed E-state index contributed by atoms with van der Waals surface area (Å²) in [5.41, 5.74) is -0.0376. The molecule has 3 aromatic rings. The number of aliphatic hydroxyl groups is 2. The molecule has 0 spiro atoms. The van der Waals surface area contributed by atoms with E-state index in [1.165, 1.54) is 31.1 Å². The smallest absolute Gasteiger partial charge is 0.154 e. The summed E-state index contributed by atoms with van der Waals surface area (Å²) >= 11 is 1.10. The van der Waals surface area contributed by atoms with Crippen LogP contribution in [-0.2, 0) is 9.47 Å². The number of hydrogen-bond donors (Lipinski definition) is 2. The second-order valence-electron chi connectivity index (χ2n) is 8.00. The van der Waals surface area contributed by atoms with Crippen molar-refractivity contribution in [1.82, 2.24) is 20.0 Å². The molecule has 186 valence electrons. The lowest BCUT2D eigenvalue weighted by Gasteiger charge is -2.43. The fourth-order valence-corrected chi connectivity index (χ4v) is 5.14. The molecule has 1 aliphatic rings. The van der Waals surface area contributed by atoms with Gasteiger partial charge in [0.15, 0.2) is 5.69 Å². The van der Waals surface area contributed by atoms with Gasteiger partial charge in [-0.3, -0.25) is 0 Å². The number of aromatic nitrogens is 4. The summed E-state index contributed by atoms with van der Waals surface area (Å²) in [6.07, 6.45) is 5.13. The molecule has 1 fully saturated rings. The maximum absolute atomic E-state index is 14.1. The Morgan fingerprint density at radius 2 is 2.03 bits per heavy atom. The first-order chi connectivity index (χ1) is 17.3. The van der Waals surface area contributed by atoms with E-state index in [-0.39, 0.29) is 22.5 Å². The number of nitrogens with zero attached hydrogens (tertiary/aromatic N) is 5. The van der Waals surface area contributed by atoms with Crippen LogP contribution in [0.1, 0.15) is 22.9 Å². The normalized spacial score (nSPS) is 23.7. The van der Waals surface area contributed by atoms with Crippen LogP contribution in [0.25, 0.3) is 11.3 Å². The van der Waals surface area contributed by atoms with Gasteiger partial charge in [-0.25, -0.2) is 18.4 Å². The molecule has 0 bridgehead atoms. The van der Waals surface area contributed by atoms with Gasteiger partial charge in [0.25, 0.3) is 0 Å². The van der Waals surface area contributed by atoms with Gasteiger partial charge < -0.3 is 19.7 Å². The fourth-order valence-electron chi connectivity index (χ4n) is 3.88. The highest BCUT2D eigenvalue weighted by Gasteiger charge is 2.47. The molecule has 9 nitrogen and oxygen atoms in total. The molecule has 0 unspecified atom stereocenters. The second kappa shape index (κ2) is 10.7. The van der Waals surface area contributed by atoms with Gasteiger partial charge in [0, 0.05) is 34.9 Å². The third-order valence-corrected chi connectivity index (χ3v) is 7.03. The molecule has 1 aromatic carbocycles. The molecule has 4 rings (SSSR count). The molecule has 0 amide bonds. The van der Waals surface area contributed by atoms with Gasteiger partial charge in [-0.2, -0.15) is 5.26 Å². The van der Waals surface area contributed by atoms with Crippen molar-refractivity contribution in [3.8, 4) is 29.7 Å². The second-order valence-corrected chi connectivity index (χ2v) is 9.14. The molecular formula is C24H21F2N5O4S. The van der Waals surface area contributed by atoms with Crippen molar-refractivity contribution in [2.75, 3.05) is 13.7 Å². The summed E-state index contributed by atoms with van der Waals surface area (Å²) in [5, 5.41) is 38.4. The van der Waals surface area contributed by atoms with E-state index >= 15 is 0 Å². The monoisotopic (exact) mass is 513 g/mol. The number of ether oxygens (including phenoxy) is 2. The Morgan fingerprint density at radius 1 is 1.31 bits per heavy atom. The van der Waals surface area contributed by atoms with E-state index in [2.05, 4.69) is 21.2 Å². The first kappa shape index (κ1) is 25.7. The van der Waals surface area contributed by atoms with Gasteiger partial charge in [0.05, 0.1) is 12.8 Å². The lowest BCUT2D eigenvalue weighted by Crippen LogP contribution is -2.55. The van der Waals surface area contributed by atoms with E-state index in [0.29, 0.717) is 10.5 Å². The van der Waals surface area contributed by atoms with Gasteiger partial charge >= 0.3 is 0 Å². The van der Waals surface area contributed by atoms with E-state index in [9.17, 15) is 24.3 Å². The van der Waals surface area contributed by atoms with E-state index in [1.807, 2.05) is 6.07 Å². The highest BCUT2D eigenvalue weighted by molar-refractivity contribution is 7.99. The maximum Gasteiger partial charge on any atom is 0.154 e. The first-order valence-electron chi connectivity index (χ1n) is 10.7. The lowest BCUT2D eigenvalue weighted by molar-refractivity contribution is -0.186. The summed E-state index contributed by atoms with van der Waals surface area (Å²) in [7, 11) is 1.41. The molecule has 36 heavy (non-hydrogen) atoms. The van der Waals surface area contributed by atoms with E-state index in [0.717, 1.165) is 23.9 Å². The van der Waals surface area contributed by atoms with Crippen molar-refractivity contribution >= 4 is 11.8 Å². The van der Waals surface area contributed by atoms with Gasteiger partial charge in [0.2, 0.25) is 0 Å². The van der Waals surface area contributed by atoms with Gasteiger partial charge in [0.1, 0.15) is 53.2 Å². The van der Waals surface area contributed by atoms with Crippen molar-refractivity contribution in [2.24, 2.45) is 0 Å². The van der Waals surface area contributed by atoms with E-state index in [1.54, 1.807) is 6.07 Å². The highest BCUT2D eigenvalue weighted by atomic mass is 32.2. The predicted molar refractivity (Wildman–Crippen MR) is 124 cm³/mol. The lowest BCUT2D eigenvalue weighted by atomic mass is 9.97. The molecule has 0 radical (unpaired) electrons. The van der Waals surface area contributed by atoms with E-state index < -0.39 is 48.0 Å². The zero-order valence-corrected chi connectivity index (χ0v) is 20.0. The van der Waals surface area contributed by atoms with Crippen LogP contribution in [0.2, 0.25) is 0 Å². The minimum absolute atomic E-state index is 0.115. The Balaban J connectivity index is 1.70. The van der Waals surface area contributed by atoms with Crippen molar-refractivity contribution in [3.63, 3.8) is 0 Å². The Kier molecular flexibility index (Phi) is 7.64. The zero-order chi connectivity index (χ0) is 26.0. The van der Waals surface area contributed by atoms with Gasteiger partial charge in [-0.05, 0) is 25.1 Å². The highest BCUT2D eigenvalue weighted by Crippen LogP contribution is 2.40. The first-order valence-corrected chi connectivity index (χ1v) is 11.6. The van der Waals surface area contributed by atoms with Crippen molar-refractivity contribution in [3.05, 3.63) is 59.0 Å². The number of nitriles is 1. The number of pyridine rings is 1. The van der Waals surface area contributed by atoms with Crippen LogP contribution in [0, 0.1) is 42.2 Å². The summed E-state index contributed by atoms with van der Waals surface area (Å²) in [4.78, 5) is 4.49. The molecule has 1 aliphatic heterocycles. The number of methoxy groups -OCH3 is 1. The summed E-state index contributed by atoms with van der Waals surface area (Å²) < 4.78 is 41.1. The topological polar surface area (TPSA) is 126 Å². The minimum Gasteiger partial charge on any atom is -0.394 e. The number of halogens is 2. The largest absolute Gasteiger partial charge is 0.394 e. The summed E-state index contributed by atoms with van der Waals surface area (Å²) in [6.45, 7) is 0.807. The van der Waals surface area contributed by atoms with Crippen LogP contribution in [0.15, 0.2) is 35.5 Å². The summed E-state index contributed by atoms with van der Waals surface area (Å²) in [5.74, 6) is 1.00. The van der Waals surface area contributed by atoms with Crippen molar-refractivity contribution in [1.29, 1.82) is 5.26 Å². The SMILES string of the molecule is C#Cc1cnc(C#N)c(S[C@H]2O[C@H](CO)[C@H](O)[C@H](n3cc(-c4cc(F)c(C)c(F)c4)nn3)[C@H]2OC)c1. The number of aliphatic hydroxyl groups excluding tert-OH is 2. The van der Waals surface area contributed by atoms with Crippen LogP contribution < -0.4 is 0 Å². The van der Waals surface area contributed by atoms with Crippen LogP contribution in [0.5, 0.6) is 0 Å². The van der Waals surface area contributed by atoms with E-state index in [4.69, 9.17) is 15.9 Å². The molecular weight excluding hydrogens is 492 g/mol. The van der Waals surface area contributed by atoms with Crippen molar-refractivity contribution < 1.29 is 28.5 Å².